The van der Waals surface area contributed by atoms with E-state index in [0.717, 1.165) is 17.2 Å². The van der Waals surface area contributed by atoms with Gasteiger partial charge in [-0.1, -0.05) is 6.92 Å². The zero-order valence-corrected chi connectivity index (χ0v) is 13.4. The van der Waals surface area contributed by atoms with Gasteiger partial charge in [-0.15, -0.1) is 0 Å². The van der Waals surface area contributed by atoms with E-state index in [1.165, 1.54) is 18.2 Å². The zero-order valence-electron chi connectivity index (χ0n) is 13.4. The summed E-state index contributed by atoms with van der Waals surface area (Å²) in [6, 6.07) is 8.37. The maximum atomic E-state index is 13.8. The Morgan fingerprint density at radius 2 is 1.88 bits per heavy atom. The number of aryl methyl sites for hydroxylation is 2. The summed E-state index contributed by atoms with van der Waals surface area (Å²) in [5, 5.41) is 0.699. The third-order valence-corrected chi connectivity index (χ3v) is 3.81. The largest absolute Gasteiger partial charge is 0.488 e. The average molecular weight is 330 g/mol. The molecule has 1 heterocycles. The van der Waals surface area contributed by atoms with E-state index in [-0.39, 0.29) is 12.2 Å². The van der Waals surface area contributed by atoms with Crippen LogP contribution in [0.2, 0.25) is 0 Å². The molecule has 3 nitrogen and oxygen atoms in total. The Balaban J connectivity index is 2.04. The minimum atomic E-state index is -0.658. The van der Waals surface area contributed by atoms with Gasteiger partial charge >= 0.3 is 5.63 Å². The van der Waals surface area contributed by atoms with Crippen LogP contribution < -0.4 is 10.4 Å². The fourth-order valence-corrected chi connectivity index (χ4v) is 2.66. The molecule has 0 saturated heterocycles. The van der Waals surface area contributed by atoms with Crippen LogP contribution in [0.25, 0.3) is 11.0 Å². The van der Waals surface area contributed by atoms with E-state index in [4.69, 9.17) is 9.15 Å². The first-order valence-electron chi connectivity index (χ1n) is 7.62. The lowest BCUT2D eigenvalue weighted by Crippen LogP contribution is -2.04. The molecule has 0 fully saturated rings. The third kappa shape index (κ3) is 3.15. The zero-order chi connectivity index (χ0) is 17.3. The molecular weight excluding hydrogens is 314 g/mol. The summed E-state index contributed by atoms with van der Waals surface area (Å²) in [6.07, 6.45) is 0.631. The van der Waals surface area contributed by atoms with Crippen molar-refractivity contribution in [3.8, 4) is 5.75 Å². The molecule has 5 heteroatoms. The second kappa shape index (κ2) is 6.43. The van der Waals surface area contributed by atoms with Gasteiger partial charge in [0.15, 0.2) is 0 Å². The van der Waals surface area contributed by atoms with Gasteiger partial charge < -0.3 is 9.15 Å². The smallest absolute Gasteiger partial charge is 0.336 e. The fourth-order valence-electron chi connectivity index (χ4n) is 2.66. The normalized spacial score (nSPS) is 11.0. The highest BCUT2D eigenvalue weighted by Crippen LogP contribution is 2.31. The van der Waals surface area contributed by atoms with Crippen molar-refractivity contribution in [1.82, 2.24) is 0 Å². The highest BCUT2D eigenvalue weighted by molar-refractivity contribution is 5.87. The van der Waals surface area contributed by atoms with E-state index in [0.29, 0.717) is 23.1 Å². The summed E-state index contributed by atoms with van der Waals surface area (Å²) in [5.41, 5.74) is 1.93. The van der Waals surface area contributed by atoms with E-state index in [9.17, 15) is 13.6 Å². The van der Waals surface area contributed by atoms with Crippen LogP contribution in [0.1, 0.15) is 23.6 Å². The Hall–Kier alpha value is -2.69. The first kappa shape index (κ1) is 16.2. The Bertz CT molecular complexity index is 961. The molecule has 0 N–H and O–H groups in total. The van der Waals surface area contributed by atoms with Gasteiger partial charge in [-0.05, 0) is 48.7 Å². The van der Waals surface area contributed by atoms with Gasteiger partial charge in [0.05, 0.1) is 5.39 Å². The minimum Gasteiger partial charge on any atom is -0.488 e. The van der Waals surface area contributed by atoms with E-state index in [1.54, 1.807) is 6.07 Å². The standard InChI is InChI=1S/C19H16F2O3/c1-3-12-8-18(22)24-17-7-11(2)6-16(19(12)17)23-10-13-4-5-14(20)9-15(13)21/h4-9H,3,10H2,1-2H3. The average Bonchev–Trinajstić information content (AvgIpc) is 2.52. The molecule has 124 valence electrons. The Kier molecular flexibility index (Phi) is 4.34. The van der Waals surface area contributed by atoms with Crippen LogP contribution in [0.4, 0.5) is 8.78 Å². The van der Waals surface area contributed by atoms with Gasteiger partial charge in [-0.25, -0.2) is 13.6 Å². The molecular formula is C19H16F2O3. The summed E-state index contributed by atoms with van der Waals surface area (Å²) >= 11 is 0. The first-order chi connectivity index (χ1) is 11.5. The lowest BCUT2D eigenvalue weighted by molar-refractivity contribution is 0.302. The number of benzene rings is 2. The Morgan fingerprint density at radius 3 is 2.58 bits per heavy atom. The number of rotatable bonds is 4. The van der Waals surface area contributed by atoms with Crippen molar-refractivity contribution in [2.75, 3.05) is 0 Å². The van der Waals surface area contributed by atoms with Gasteiger partial charge in [-0.2, -0.15) is 0 Å². The second-order valence-corrected chi connectivity index (χ2v) is 5.60. The van der Waals surface area contributed by atoms with Crippen molar-refractivity contribution in [3.05, 3.63) is 75.1 Å². The molecule has 3 aromatic rings. The Labute approximate surface area is 137 Å². The number of hydrogen-bond acceptors (Lipinski definition) is 3. The number of fused-ring (bicyclic) bond motifs is 1. The van der Waals surface area contributed by atoms with E-state index < -0.39 is 17.3 Å². The van der Waals surface area contributed by atoms with Crippen molar-refractivity contribution < 1.29 is 17.9 Å². The van der Waals surface area contributed by atoms with Crippen molar-refractivity contribution >= 4 is 11.0 Å². The highest BCUT2D eigenvalue weighted by Gasteiger charge is 2.13. The predicted molar refractivity (Wildman–Crippen MR) is 87.3 cm³/mol. The van der Waals surface area contributed by atoms with Gasteiger partial charge in [0.1, 0.15) is 29.6 Å². The molecule has 0 aliphatic heterocycles. The molecule has 0 aliphatic rings. The second-order valence-electron chi connectivity index (χ2n) is 5.60. The van der Waals surface area contributed by atoms with Crippen LogP contribution in [-0.2, 0) is 13.0 Å². The van der Waals surface area contributed by atoms with Gasteiger partial charge in [0.2, 0.25) is 0 Å². The summed E-state index contributed by atoms with van der Waals surface area (Å²) in [4.78, 5) is 11.6. The van der Waals surface area contributed by atoms with E-state index in [1.807, 2.05) is 19.9 Å². The van der Waals surface area contributed by atoms with Gasteiger partial charge in [0, 0.05) is 17.7 Å². The maximum Gasteiger partial charge on any atom is 0.336 e. The Morgan fingerprint density at radius 1 is 1.08 bits per heavy atom. The lowest BCUT2D eigenvalue weighted by atomic mass is 10.0. The number of ether oxygens (including phenoxy) is 1. The summed E-state index contributed by atoms with van der Waals surface area (Å²) < 4.78 is 37.8. The minimum absolute atomic E-state index is 0.0487. The molecule has 0 atom stereocenters. The molecule has 0 radical (unpaired) electrons. The van der Waals surface area contributed by atoms with Crippen LogP contribution in [0.5, 0.6) is 5.75 Å². The predicted octanol–water partition coefficient (Wildman–Crippen LogP) is 4.52. The fraction of sp³-hybridized carbons (Fsp3) is 0.211. The van der Waals surface area contributed by atoms with Crippen LogP contribution in [0.3, 0.4) is 0 Å². The number of halogens is 2. The first-order valence-corrected chi connectivity index (χ1v) is 7.62. The van der Waals surface area contributed by atoms with Crippen LogP contribution >= 0.6 is 0 Å². The molecule has 0 saturated carbocycles. The van der Waals surface area contributed by atoms with Crippen LogP contribution in [-0.4, -0.2) is 0 Å². The summed E-state index contributed by atoms with van der Waals surface area (Å²) in [6.45, 7) is 3.73. The third-order valence-electron chi connectivity index (χ3n) is 3.81. The monoisotopic (exact) mass is 330 g/mol. The quantitative estimate of drug-likeness (QED) is 0.660. The van der Waals surface area contributed by atoms with Crippen molar-refractivity contribution in [2.45, 2.75) is 26.9 Å². The molecule has 24 heavy (non-hydrogen) atoms. The maximum absolute atomic E-state index is 13.8. The highest BCUT2D eigenvalue weighted by atomic mass is 19.1. The van der Waals surface area contributed by atoms with Crippen LogP contribution in [0.15, 0.2) is 45.6 Å². The SMILES string of the molecule is CCc1cc(=O)oc2cc(C)cc(OCc3ccc(F)cc3F)c12. The van der Waals surface area contributed by atoms with Crippen LogP contribution in [0, 0.1) is 18.6 Å². The van der Waals surface area contributed by atoms with E-state index >= 15 is 0 Å². The summed E-state index contributed by atoms with van der Waals surface area (Å²) in [7, 11) is 0. The number of hydrogen-bond donors (Lipinski definition) is 0. The van der Waals surface area contributed by atoms with Gasteiger partial charge in [0.25, 0.3) is 0 Å². The summed E-state index contributed by atoms with van der Waals surface area (Å²) in [5.74, 6) is -0.782. The topological polar surface area (TPSA) is 39.4 Å². The van der Waals surface area contributed by atoms with Crippen molar-refractivity contribution in [1.29, 1.82) is 0 Å². The molecule has 0 aliphatic carbocycles. The van der Waals surface area contributed by atoms with E-state index in [2.05, 4.69) is 0 Å². The molecule has 0 spiro atoms. The van der Waals surface area contributed by atoms with Crippen molar-refractivity contribution in [2.24, 2.45) is 0 Å². The van der Waals surface area contributed by atoms with Gasteiger partial charge in [-0.3, -0.25) is 0 Å². The molecule has 0 bridgehead atoms. The molecule has 3 rings (SSSR count). The lowest BCUT2D eigenvalue weighted by Gasteiger charge is -2.13. The molecule has 0 amide bonds. The van der Waals surface area contributed by atoms with Crippen molar-refractivity contribution in [3.63, 3.8) is 0 Å². The molecule has 2 aromatic carbocycles. The molecule has 1 aromatic heterocycles. The molecule has 0 unspecified atom stereocenters.